The van der Waals surface area contributed by atoms with Gasteiger partial charge in [0.1, 0.15) is 11.5 Å². The summed E-state index contributed by atoms with van der Waals surface area (Å²) in [6, 6.07) is 9.89. The summed E-state index contributed by atoms with van der Waals surface area (Å²) < 4.78 is 37.5. The Hall–Kier alpha value is -2.00. The molecular formula is C21H24Cl2N2O5S. The van der Waals surface area contributed by atoms with E-state index in [9.17, 15) is 13.2 Å². The van der Waals surface area contributed by atoms with Gasteiger partial charge in [-0.2, -0.15) is 0 Å². The smallest absolute Gasteiger partial charge is 0.227 e. The van der Waals surface area contributed by atoms with Crippen molar-refractivity contribution in [3.63, 3.8) is 0 Å². The first-order valence-electron chi connectivity index (χ1n) is 9.68. The minimum atomic E-state index is -3.56. The molecule has 0 spiro atoms. The summed E-state index contributed by atoms with van der Waals surface area (Å²) in [6.07, 6.45) is 0.845. The molecule has 1 aliphatic rings. The lowest BCUT2D eigenvalue weighted by molar-refractivity contribution is -0.120. The van der Waals surface area contributed by atoms with Crippen molar-refractivity contribution in [2.45, 2.75) is 18.6 Å². The molecule has 0 atom stereocenters. The van der Waals surface area contributed by atoms with E-state index in [0.29, 0.717) is 45.6 Å². The molecule has 2 aromatic rings. The zero-order valence-electron chi connectivity index (χ0n) is 17.2. The zero-order valence-corrected chi connectivity index (χ0v) is 19.6. The van der Waals surface area contributed by atoms with Gasteiger partial charge >= 0.3 is 0 Å². The van der Waals surface area contributed by atoms with Gasteiger partial charge in [0.2, 0.25) is 15.9 Å². The third kappa shape index (κ3) is 5.83. The Morgan fingerprint density at radius 2 is 1.81 bits per heavy atom. The highest BCUT2D eigenvalue weighted by Gasteiger charge is 2.32. The summed E-state index contributed by atoms with van der Waals surface area (Å²) in [5, 5.41) is 3.64. The normalized spacial score (nSPS) is 15.5. The monoisotopic (exact) mass is 486 g/mol. The quantitative estimate of drug-likeness (QED) is 0.633. The first-order chi connectivity index (χ1) is 14.7. The minimum Gasteiger partial charge on any atom is -0.497 e. The number of nitrogens with zero attached hydrogens (tertiary/aromatic N) is 1. The van der Waals surface area contributed by atoms with Gasteiger partial charge in [-0.05, 0) is 42.7 Å². The standard InChI is InChI=1S/C21H24Cl2N2O5S/c1-29-17-5-6-20(30-2)19(12-17)24-21(26)14-7-9-25(10-8-14)31(27,28)13-15-3-4-16(22)11-18(15)23/h3-6,11-12,14H,7-10,13H2,1-2H3,(H,24,26). The van der Waals surface area contributed by atoms with Crippen LogP contribution >= 0.6 is 23.2 Å². The van der Waals surface area contributed by atoms with Crippen molar-refractivity contribution in [3.05, 3.63) is 52.0 Å². The van der Waals surface area contributed by atoms with Gasteiger partial charge in [0.25, 0.3) is 0 Å². The van der Waals surface area contributed by atoms with E-state index in [2.05, 4.69) is 5.32 Å². The van der Waals surface area contributed by atoms with E-state index < -0.39 is 10.0 Å². The third-order valence-electron chi connectivity index (χ3n) is 5.24. The van der Waals surface area contributed by atoms with Crippen LogP contribution in [-0.4, -0.2) is 45.9 Å². The van der Waals surface area contributed by atoms with Crippen LogP contribution in [0.3, 0.4) is 0 Å². The molecule has 1 heterocycles. The van der Waals surface area contributed by atoms with Crippen LogP contribution in [0.5, 0.6) is 11.5 Å². The number of carbonyl (C=O) groups excluding carboxylic acids is 1. The van der Waals surface area contributed by atoms with Crippen LogP contribution in [0, 0.1) is 5.92 Å². The molecule has 3 rings (SSSR count). The Balaban J connectivity index is 1.61. The van der Waals surface area contributed by atoms with Crippen LogP contribution in [0.1, 0.15) is 18.4 Å². The summed E-state index contributed by atoms with van der Waals surface area (Å²) >= 11 is 12.0. The van der Waals surface area contributed by atoms with Crippen molar-refractivity contribution in [3.8, 4) is 11.5 Å². The molecule has 2 aromatic carbocycles. The van der Waals surface area contributed by atoms with Crippen LogP contribution < -0.4 is 14.8 Å². The van der Waals surface area contributed by atoms with E-state index in [-0.39, 0.29) is 30.7 Å². The topological polar surface area (TPSA) is 84.9 Å². The minimum absolute atomic E-state index is 0.177. The van der Waals surface area contributed by atoms with Crippen LogP contribution in [0.2, 0.25) is 10.0 Å². The summed E-state index contributed by atoms with van der Waals surface area (Å²) in [5.41, 5.74) is 1.01. The zero-order chi connectivity index (χ0) is 22.6. The number of anilines is 1. The Labute approximate surface area is 192 Å². The first kappa shape index (κ1) is 23.7. The molecule has 0 bridgehead atoms. The molecule has 7 nitrogen and oxygen atoms in total. The van der Waals surface area contributed by atoms with Crippen molar-refractivity contribution in [2.24, 2.45) is 5.92 Å². The van der Waals surface area contributed by atoms with Crippen molar-refractivity contribution in [1.82, 2.24) is 4.31 Å². The number of rotatable bonds is 7. The van der Waals surface area contributed by atoms with Crippen molar-refractivity contribution in [1.29, 1.82) is 0 Å². The van der Waals surface area contributed by atoms with Gasteiger partial charge in [-0.15, -0.1) is 0 Å². The molecule has 0 aliphatic carbocycles. The average molecular weight is 487 g/mol. The van der Waals surface area contributed by atoms with Crippen molar-refractivity contribution in [2.75, 3.05) is 32.6 Å². The number of sulfonamides is 1. The summed E-state index contributed by atoms with van der Waals surface area (Å²) in [6.45, 7) is 0.530. The number of benzene rings is 2. The van der Waals surface area contributed by atoms with E-state index in [1.54, 1.807) is 37.4 Å². The van der Waals surface area contributed by atoms with Gasteiger partial charge in [-0.1, -0.05) is 29.3 Å². The number of ether oxygens (including phenoxy) is 2. The molecule has 1 N–H and O–H groups in total. The van der Waals surface area contributed by atoms with E-state index in [0.717, 1.165) is 0 Å². The lowest BCUT2D eigenvalue weighted by Crippen LogP contribution is -2.41. The van der Waals surface area contributed by atoms with E-state index >= 15 is 0 Å². The molecule has 0 radical (unpaired) electrons. The maximum atomic E-state index is 12.8. The fraction of sp³-hybridized carbons (Fsp3) is 0.381. The van der Waals surface area contributed by atoms with E-state index in [4.69, 9.17) is 32.7 Å². The lowest BCUT2D eigenvalue weighted by atomic mass is 9.97. The molecule has 0 saturated carbocycles. The highest BCUT2D eigenvalue weighted by molar-refractivity contribution is 7.88. The maximum absolute atomic E-state index is 12.8. The summed E-state index contributed by atoms with van der Waals surface area (Å²) in [5.74, 6) is 0.429. The Morgan fingerprint density at radius 3 is 2.42 bits per heavy atom. The largest absolute Gasteiger partial charge is 0.497 e. The van der Waals surface area contributed by atoms with Gasteiger partial charge in [-0.3, -0.25) is 4.79 Å². The molecule has 0 aromatic heterocycles. The summed E-state index contributed by atoms with van der Waals surface area (Å²) in [4.78, 5) is 12.8. The number of carbonyl (C=O) groups is 1. The molecule has 1 fully saturated rings. The third-order valence-corrected chi connectivity index (χ3v) is 7.65. The summed E-state index contributed by atoms with van der Waals surface area (Å²) in [7, 11) is -0.498. The lowest BCUT2D eigenvalue weighted by Gasteiger charge is -2.30. The molecule has 168 valence electrons. The van der Waals surface area contributed by atoms with Crippen molar-refractivity contribution >= 4 is 44.8 Å². The predicted molar refractivity (Wildman–Crippen MR) is 122 cm³/mol. The number of amides is 1. The number of nitrogens with one attached hydrogen (secondary N) is 1. The fourth-order valence-corrected chi connectivity index (χ4v) is 5.62. The Kier molecular flexibility index (Phi) is 7.69. The van der Waals surface area contributed by atoms with Crippen LogP contribution in [0.15, 0.2) is 36.4 Å². The predicted octanol–water partition coefficient (Wildman–Crippen LogP) is 4.19. The van der Waals surface area contributed by atoms with Gasteiger partial charge < -0.3 is 14.8 Å². The molecule has 1 aliphatic heterocycles. The van der Waals surface area contributed by atoms with Gasteiger partial charge in [0.05, 0.1) is 25.7 Å². The molecule has 0 unspecified atom stereocenters. The van der Waals surface area contributed by atoms with E-state index in [1.165, 1.54) is 17.5 Å². The second-order valence-electron chi connectivity index (χ2n) is 7.22. The van der Waals surface area contributed by atoms with Crippen LogP contribution in [-0.2, 0) is 20.6 Å². The molecule has 31 heavy (non-hydrogen) atoms. The van der Waals surface area contributed by atoms with Gasteiger partial charge in [0.15, 0.2) is 0 Å². The molecule has 1 saturated heterocycles. The highest BCUT2D eigenvalue weighted by Crippen LogP contribution is 2.31. The Morgan fingerprint density at radius 1 is 1.10 bits per heavy atom. The van der Waals surface area contributed by atoms with Gasteiger partial charge in [0, 0.05) is 35.1 Å². The molecule has 10 heteroatoms. The second-order valence-corrected chi connectivity index (χ2v) is 10.0. The first-order valence-corrected chi connectivity index (χ1v) is 12.0. The average Bonchev–Trinajstić information content (AvgIpc) is 2.75. The van der Waals surface area contributed by atoms with Gasteiger partial charge in [-0.25, -0.2) is 12.7 Å². The van der Waals surface area contributed by atoms with Crippen LogP contribution in [0.25, 0.3) is 0 Å². The second kappa shape index (κ2) is 10.1. The molecular weight excluding hydrogens is 463 g/mol. The number of hydrogen-bond donors (Lipinski definition) is 1. The number of methoxy groups -OCH3 is 2. The number of halogens is 2. The molecule has 1 amide bonds. The number of hydrogen-bond acceptors (Lipinski definition) is 5. The SMILES string of the molecule is COc1ccc(OC)c(NC(=O)C2CCN(S(=O)(=O)Cc3ccc(Cl)cc3Cl)CC2)c1. The van der Waals surface area contributed by atoms with E-state index in [1.807, 2.05) is 0 Å². The Bertz CT molecular complexity index is 1050. The highest BCUT2D eigenvalue weighted by atomic mass is 35.5. The fourth-order valence-electron chi connectivity index (χ4n) is 3.47. The number of piperidine rings is 1. The van der Waals surface area contributed by atoms with Crippen molar-refractivity contribution < 1.29 is 22.7 Å². The maximum Gasteiger partial charge on any atom is 0.227 e. The van der Waals surface area contributed by atoms with Crippen LogP contribution in [0.4, 0.5) is 5.69 Å².